The number of rotatable bonds is 2. The molecule has 2 aromatic heterocycles. The zero-order valence-electron chi connectivity index (χ0n) is 13.3. The number of amides is 1. The van der Waals surface area contributed by atoms with Crippen LogP contribution in [0.4, 0.5) is 5.69 Å². The van der Waals surface area contributed by atoms with Crippen LogP contribution < -0.4 is 10.9 Å². The highest BCUT2D eigenvalue weighted by molar-refractivity contribution is 6.04. The van der Waals surface area contributed by atoms with Gasteiger partial charge in [-0.3, -0.25) is 14.0 Å². The standard InChI is InChI=1S/C18H17N3O2/c1-11-4-6-14(7-5-11)17(22)20-16-13(3)19-15-10-12(2)8-9-21(15)18(16)23/h4-10H,1-3H3,(H,20,22). The van der Waals surface area contributed by atoms with Crippen LogP contribution in [0.3, 0.4) is 0 Å². The molecule has 0 spiro atoms. The maximum atomic E-state index is 12.6. The zero-order valence-corrected chi connectivity index (χ0v) is 13.3. The molecule has 0 aliphatic carbocycles. The average Bonchev–Trinajstić information content (AvgIpc) is 2.51. The van der Waals surface area contributed by atoms with Gasteiger partial charge in [-0.15, -0.1) is 0 Å². The second-order valence-electron chi connectivity index (χ2n) is 5.63. The summed E-state index contributed by atoms with van der Waals surface area (Å²) >= 11 is 0. The van der Waals surface area contributed by atoms with Crippen LogP contribution in [0.1, 0.15) is 27.2 Å². The molecule has 0 fully saturated rings. The van der Waals surface area contributed by atoms with E-state index < -0.39 is 0 Å². The number of carbonyl (C=O) groups excluding carboxylic acids is 1. The molecule has 5 heteroatoms. The molecule has 0 bridgehead atoms. The quantitative estimate of drug-likeness (QED) is 0.792. The van der Waals surface area contributed by atoms with Gasteiger partial charge in [-0.2, -0.15) is 0 Å². The minimum absolute atomic E-state index is 0.205. The van der Waals surface area contributed by atoms with Crippen LogP contribution in [-0.4, -0.2) is 15.3 Å². The molecular weight excluding hydrogens is 290 g/mol. The number of nitrogens with zero attached hydrogens (tertiary/aromatic N) is 2. The first-order valence-electron chi connectivity index (χ1n) is 7.33. The van der Waals surface area contributed by atoms with Crippen molar-refractivity contribution < 1.29 is 4.79 Å². The normalized spacial score (nSPS) is 10.7. The fraction of sp³-hybridized carbons (Fsp3) is 0.167. The lowest BCUT2D eigenvalue weighted by Gasteiger charge is -2.10. The minimum Gasteiger partial charge on any atom is -0.316 e. The van der Waals surface area contributed by atoms with Crippen LogP contribution in [0, 0.1) is 20.8 Å². The molecule has 23 heavy (non-hydrogen) atoms. The lowest BCUT2D eigenvalue weighted by Crippen LogP contribution is -2.25. The van der Waals surface area contributed by atoms with Gasteiger partial charge >= 0.3 is 0 Å². The van der Waals surface area contributed by atoms with Gasteiger partial charge in [0.1, 0.15) is 11.3 Å². The number of benzene rings is 1. The SMILES string of the molecule is Cc1ccc(C(=O)Nc2c(C)nc3cc(C)ccn3c2=O)cc1. The Kier molecular flexibility index (Phi) is 3.70. The van der Waals surface area contributed by atoms with E-state index in [0.29, 0.717) is 16.9 Å². The average molecular weight is 307 g/mol. The molecule has 0 atom stereocenters. The van der Waals surface area contributed by atoms with Gasteiger partial charge in [0, 0.05) is 11.8 Å². The van der Waals surface area contributed by atoms with Gasteiger partial charge < -0.3 is 5.32 Å². The second-order valence-corrected chi connectivity index (χ2v) is 5.63. The van der Waals surface area contributed by atoms with Gasteiger partial charge in [0.15, 0.2) is 0 Å². The Bertz CT molecular complexity index is 956. The predicted molar refractivity (Wildman–Crippen MR) is 90.1 cm³/mol. The van der Waals surface area contributed by atoms with E-state index in [9.17, 15) is 9.59 Å². The highest BCUT2D eigenvalue weighted by atomic mass is 16.2. The fourth-order valence-electron chi connectivity index (χ4n) is 2.39. The van der Waals surface area contributed by atoms with Gasteiger partial charge in [0.25, 0.3) is 11.5 Å². The molecule has 1 N–H and O–H groups in total. The molecule has 1 amide bonds. The van der Waals surface area contributed by atoms with Gasteiger partial charge in [-0.1, -0.05) is 17.7 Å². The number of nitrogens with one attached hydrogen (secondary N) is 1. The summed E-state index contributed by atoms with van der Waals surface area (Å²) in [5, 5.41) is 2.69. The molecule has 0 aliphatic rings. The first-order valence-corrected chi connectivity index (χ1v) is 7.33. The van der Waals surface area contributed by atoms with Gasteiger partial charge in [-0.25, -0.2) is 4.98 Å². The third-order valence-corrected chi connectivity index (χ3v) is 3.72. The number of anilines is 1. The first-order chi connectivity index (χ1) is 11.0. The van der Waals surface area contributed by atoms with Crippen LogP contribution in [0.25, 0.3) is 5.65 Å². The predicted octanol–water partition coefficient (Wildman–Crippen LogP) is 2.87. The van der Waals surface area contributed by atoms with Crippen molar-refractivity contribution in [3.8, 4) is 0 Å². The van der Waals surface area contributed by atoms with Gasteiger partial charge in [-0.05, 0) is 50.6 Å². The Morgan fingerprint density at radius 2 is 1.74 bits per heavy atom. The van der Waals surface area contributed by atoms with E-state index in [2.05, 4.69) is 10.3 Å². The molecule has 3 rings (SSSR count). The van der Waals surface area contributed by atoms with E-state index in [1.54, 1.807) is 25.3 Å². The molecule has 0 saturated carbocycles. The highest BCUT2D eigenvalue weighted by Crippen LogP contribution is 2.12. The van der Waals surface area contributed by atoms with Crippen molar-refractivity contribution in [2.45, 2.75) is 20.8 Å². The maximum absolute atomic E-state index is 12.6. The molecule has 1 aromatic carbocycles. The van der Waals surface area contributed by atoms with Crippen LogP contribution in [-0.2, 0) is 0 Å². The van der Waals surface area contributed by atoms with Crippen molar-refractivity contribution in [1.29, 1.82) is 0 Å². The molecule has 0 unspecified atom stereocenters. The van der Waals surface area contributed by atoms with Crippen LogP contribution in [0.15, 0.2) is 47.4 Å². The van der Waals surface area contributed by atoms with E-state index in [4.69, 9.17) is 0 Å². The molecule has 3 aromatic rings. The third kappa shape index (κ3) is 2.85. The Hall–Kier alpha value is -2.95. The van der Waals surface area contributed by atoms with Gasteiger partial charge in [0.2, 0.25) is 0 Å². The highest BCUT2D eigenvalue weighted by Gasteiger charge is 2.14. The van der Waals surface area contributed by atoms with Crippen molar-refractivity contribution in [3.05, 3.63) is 75.3 Å². The summed E-state index contributed by atoms with van der Waals surface area (Å²) in [5.74, 6) is -0.320. The number of hydrogen-bond acceptors (Lipinski definition) is 3. The molecule has 0 saturated heterocycles. The molecule has 2 heterocycles. The van der Waals surface area contributed by atoms with Crippen LogP contribution in [0.2, 0.25) is 0 Å². The van der Waals surface area contributed by atoms with Crippen molar-refractivity contribution in [2.75, 3.05) is 5.32 Å². The Labute approximate surface area is 133 Å². The van der Waals surface area contributed by atoms with Crippen molar-refractivity contribution in [2.24, 2.45) is 0 Å². The van der Waals surface area contributed by atoms with E-state index in [1.807, 2.05) is 38.1 Å². The Morgan fingerprint density at radius 1 is 1.04 bits per heavy atom. The monoisotopic (exact) mass is 307 g/mol. The van der Waals surface area contributed by atoms with Crippen molar-refractivity contribution >= 4 is 17.2 Å². The van der Waals surface area contributed by atoms with Crippen LogP contribution >= 0.6 is 0 Å². The Balaban J connectivity index is 2.03. The van der Waals surface area contributed by atoms with E-state index >= 15 is 0 Å². The summed E-state index contributed by atoms with van der Waals surface area (Å²) < 4.78 is 1.44. The lowest BCUT2D eigenvalue weighted by molar-refractivity contribution is 0.102. The summed E-state index contributed by atoms with van der Waals surface area (Å²) in [6.45, 7) is 5.61. The summed E-state index contributed by atoms with van der Waals surface area (Å²) in [7, 11) is 0. The van der Waals surface area contributed by atoms with Crippen LogP contribution in [0.5, 0.6) is 0 Å². The summed E-state index contributed by atoms with van der Waals surface area (Å²) in [6, 6.07) is 10.8. The minimum atomic E-state index is -0.320. The number of fused-ring (bicyclic) bond motifs is 1. The van der Waals surface area contributed by atoms with Gasteiger partial charge in [0.05, 0.1) is 5.69 Å². The van der Waals surface area contributed by atoms with E-state index in [-0.39, 0.29) is 17.2 Å². The summed E-state index contributed by atoms with van der Waals surface area (Å²) in [5.41, 5.74) is 3.59. The molecule has 116 valence electrons. The van der Waals surface area contributed by atoms with Crippen molar-refractivity contribution in [1.82, 2.24) is 9.38 Å². The zero-order chi connectivity index (χ0) is 16.6. The number of carbonyl (C=O) groups is 1. The molecular formula is C18H17N3O2. The topological polar surface area (TPSA) is 63.5 Å². The second kappa shape index (κ2) is 5.68. The number of aryl methyl sites for hydroxylation is 3. The molecule has 5 nitrogen and oxygen atoms in total. The lowest BCUT2D eigenvalue weighted by atomic mass is 10.1. The maximum Gasteiger partial charge on any atom is 0.281 e. The number of aromatic nitrogens is 2. The summed E-state index contributed by atoms with van der Waals surface area (Å²) in [4.78, 5) is 29.3. The summed E-state index contributed by atoms with van der Waals surface area (Å²) in [6.07, 6.45) is 1.67. The number of pyridine rings is 1. The smallest absolute Gasteiger partial charge is 0.281 e. The van der Waals surface area contributed by atoms with Crippen molar-refractivity contribution in [3.63, 3.8) is 0 Å². The van der Waals surface area contributed by atoms with E-state index in [0.717, 1.165) is 11.1 Å². The fourth-order valence-corrected chi connectivity index (χ4v) is 2.39. The molecule has 0 aliphatic heterocycles. The molecule has 0 radical (unpaired) electrons. The number of hydrogen-bond donors (Lipinski definition) is 1. The van der Waals surface area contributed by atoms with E-state index in [1.165, 1.54) is 4.40 Å². The third-order valence-electron chi connectivity index (χ3n) is 3.72. The first kappa shape index (κ1) is 15.0. The largest absolute Gasteiger partial charge is 0.316 e. The Morgan fingerprint density at radius 3 is 2.43 bits per heavy atom.